The minimum Gasteiger partial charge on any atom is -0.409 e. The topological polar surface area (TPSA) is 79.9 Å². The Hall–Kier alpha value is -1.80. The Balaban J connectivity index is 2.47. The molecule has 8 heteroatoms. The highest BCUT2D eigenvalue weighted by Gasteiger charge is 2.27. The van der Waals surface area contributed by atoms with Crippen LogP contribution in [0.15, 0.2) is 35.5 Å². The van der Waals surface area contributed by atoms with E-state index in [0.717, 1.165) is 5.56 Å². The van der Waals surface area contributed by atoms with Crippen molar-refractivity contribution in [3.8, 4) is 0 Å². The number of hydrogen-bond acceptors (Lipinski definition) is 4. The van der Waals surface area contributed by atoms with Crippen molar-refractivity contribution in [2.24, 2.45) is 10.9 Å². The fourth-order valence-corrected chi connectivity index (χ4v) is 1.74. The van der Waals surface area contributed by atoms with Crippen molar-refractivity contribution in [2.75, 3.05) is 19.8 Å². The second-order valence-corrected chi connectivity index (χ2v) is 4.38. The SMILES string of the molecule is NC(CC(NCCOCC(F)(F)F)c1ccccc1)=NO. The van der Waals surface area contributed by atoms with Crippen molar-refractivity contribution in [1.29, 1.82) is 0 Å². The summed E-state index contributed by atoms with van der Waals surface area (Å²) < 4.78 is 40.3. The third kappa shape index (κ3) is 7.52. The number of ether oxygens (including phenoxy) is 1. The summed E-state index contributed by atoms with van der Waals surface area (Å²) in [4.78, 5) is 0. The number of halogens is 3. The number of nitrogens with one attached hydrogen (secondary N) is 1. The lowest BCUT2D eigenvalue weighted by atomic mass is 10.0. The number of oxime groups is 1. The number of nitrogens with two attached hydrogens (primary N) is 1. The maximum Gasteiger partial charge on any atom is 0.411 e. The van der Waals surface area contributed by atoms with Gasteiger partial charge in [-0.15, -0.1) is 0 Å². The van der Waals surface area contributed by atoms with Gasteiger partial charge in [0.25, 0.3) is 0 Å². The molecule has 1 aromatic rings. The van der Waals surface area contributed by atoms with Gasteiger partial charge in [-0.1, -0.05) is 35.5 Å². The van der Waals surface area contributed by atoms with E-state index in [0.29, 0.717) is 0 Å². The Labute approximate surface area is 120 Å². The number of alkyl halides is 3. The Kier molecular flexibility index (Phi) is 6.97. The molecule has 0 aliphatic rings. The van der Waals surface area contributed by atoms with Crippen molar-refractivity contribution >= 4 is 5.84 Å². The van der Waals surface area contributed by atoms with Crippen LogP contribution in [0.1, 0.15) is 18.0 Å². The highest BCUT2D eigenvalue weighted by atomic mass is 19.4. The van der Waals surface area contributed by atoms with E-state index in [-0.39, 0.29) is 31.4 Å². The molecule has 1 unspecified atom stereocenters. The molecule has 1 atom stereocenters. The average Bonchev–Trinajstić information content (AvgIpc) is 2.45. The molecule has 0 spiro atoms. The van der Waals surface area contributed by atoms with Crippen LogP contribution in [0, 0.1) is 0 Å². The minimum atomic E-state index is -4.33. The lowest BCUT2D eigenvalue weighted by molar-refractivity contribution is -0.173. The molecule has 1 aromatic carbocycles. The number of nitrogens with zero attached hydrogens (tertiary/aromatic N) is 1. The summed E-state index contributed by atoms with van der Waals surface area (Å²) >= 11 is 0. The number of amidine groups is 1. The molecule has 5 nitrogen and oxygen atoms in total. The molecule has 0 heterocycles. The molecule has 0 aliphatic carbocycles. The van der Waals surface area contributed by atoms with Crippen LogP contribution >= 0.6 is 0 Å². The zero-order valence-electron chi connectivity index (χ0n) is 11.3. The summed E-state index contributed by atoms with van der Waals surface area (Å²) in [7, 11) is 0. The quantitative estimate of drug-likeness (QED) is 0.226. The van der Waals surface area contributed by atoms with Gasteiger partial charge in [0.15, 0.2) is 0 Å². The van der Waals surface area contributed by atoms with Crippen LogP contribution in [-0.2, 0) is 4.74 Å². The lowest BCUT2D eigenvalue weighted by Crippen LogP contribution is -2.30. The molecule has 4 N–H and O–H groups in total. The van der Waals surface area contributed by atoms with E-state index in [1.54, 1.807) is 0 Å². The fourth-order valence-electron chi connectivity index (χ4n) is 1.74. The van der Waals surface area contributed by atoms with Crippen LogP contribution < -0.4 is 11.1 Å². The van der Waals surface area contributed by atoms with Crippen LogP contribution in [-0.4, -0.2) is 37.0 Å². The van der Waals surface area contributed by atoms with Crippen LogP contribution in [0.3, 0.4) is 0 Å². The minimum absolute atomic E-state index is 0.0348. The second kappa shape index (κ2) is 8.48. The first-order chi connectivity index (χ1) is 9.92. The molecule has 21 heavy (non-hydrogen) atoms. The molecule has 0 saturated carbocycles. The van der Waals surface area contributed by atoms with Crippen LogP contribution in [0.2, 0.25) is 0 Å². The summed E-state index contributed by atoms with van der Waals surface area (Å²) in [5, 5.41) is 14.5. The molecule has 0 fully saturated rings. The Morgan fingerprint density at radius 1 is 1.33 bits per heavy atom. The average molecular weight is 305 g/mol. The van der Waals surface area contributed by atoms with E-state index in [1.165, 1.54) is 0 Å². The number of benzene rings is 1. The molecule has 118 valence electrons. The smallest absolute Gasteiger partial charge is 0.409 e. The van der Waals surface area contributed by atoms with Gasteiger partial charge in [-0.2, -0.15) is 13.2 Å². The predicted octanol–water partition coefficient (Wildman–Crippen LogP) is 2.03. The van der Waals surface area contributed by atoms with Gasteiger partial charge in [-0.25, -0.2) is 0 Å². The number of hydrogen-bond donors (Lipinski definition) is 3. The van der Waals surface area contributed by atoms with Gasteiger partial charge in [0, 0.05) is 19.0 Å². The third-order valence-corrected chi connectivity index (χ3v) is 2.65. The molecule has 0 saturated heterocycles. The zero-order chi connectivity index (χ0) is 15.7. The van der Waals surface area contributed by atoms with Gasteiger partial charge in [0.1, 0.15) is 12.4 Å². The monoisotopic (exact) mass is 305 g/mol. The summed E-state index contributed by atoms with van der Waals surface area (Å²) in [6.45, 7) is -1.14. The van der Waals surface area contributed by atoms with E-state index in [2.05, 4.69) is 15.2 Å². The third-order valence-electron chi connectivity index (χ3n) is 2.65. The van der Waals surface area contributed by atoms with Crippen molar-refractivity contribution in [3.63, 3.8) is 0 Å². The van der Waals surface area contributed by atoms with Gasteiger partial charge in [0.2, 0.25) is 0 Å². The van der Waals surface area contributed by atoms with Gasteiger partial charge in [-0.05, 0) is 5.56 Å². The standard InChI is InChI=1S/C13H18F3N3O2/c14-13(15,16)9-21-7-6-18-11(8-12(17)19-20)10-4-2-1-3-5-10/h1-5,11,18,20H,6-9H2,(H2,17,19). The largest absolute Gasteiger partial charge is 0.411 e. The van der Waals surface area contributed by atoms with Crippen LogP contribution in [0.25, 0.3) is 0 Å². The first-order valence-electron chi connectivity index (χ1n) is 6.31. The number of rotatable bonds is 8. The molecular formula is C13H18F3N3O2. The predicted molar refractivity (Wildman–Crippen MR) is 72.1 cm³/mol. The second-order valence-electron chi connectivity index (χ2n) is 4.38. The van der Waals surface area contributed by atoms with Crippen molar-refractivity contribution < 1.29 is 23.1 Å². The van der Waals surface area contributed by atoms with E-state index >= 15 is 0 Å². The van der Waals surface area contributed by atoms with Gasteiger partial charge < -0.3 is 21.0 Å². The molecule has 0 radical (unpaired) electrons. The highest BCUT2D eigenvalue weighted by Crippen LogP contribution is 2.16. The van der Waals surface area contributed by atoms with Crippen LogP contribution in [0.5, 0.6) is 0 Å². The van der Waals surface area contributed by atoms with E-state index in [4.69, 9.17) is 10.9 Å². The molecule has 0 amide bonds. The lowest BCUT2D eigenvalue weighted by Gasteiger charge is -2.19. The zero-order valence-corrected chi connectivity index (χ0v) is 11.3. The highest BCUT2D eigenvalue weighted by molar-refractivity contribution is 5.80. The van der Waals surface area contributed by atoms with Crippen molar-refractivity contribution in [2.45, 2.75) is 18.6 Å². The summed E-state index contributed by atoms with van der Waals surface area (Å²) in [6, 6.07) is 8.93. The van der Waals surface area contributed by atoms with Gasteiger partial charge in [0.05, 0.1) is 6.61 Å². The van der Waals surface area contributed by atoms with Crippen LogP contribution in [0.4, 0.5) is 13.2 Å². The van der Waals surface area contributed by atoms with Crippen molar-refractivity contribution in [1.82, 2.24) is 5.32 Å². The van der Waals surface area contributed by atoms with Gasteiger partial charge in [-0.3, -0.25) is 0 Å². The summed E-state index contributed by atoms with van der Waals surface area (Å²) in [6.07, 6.45) is -4.09. The first-order valence-corrected chi connectivity index (χ1v) is 6.31. The van der Waals surface area contributed by atoms with E-state index in [9.17, 15) is 13.2 Å². The van der Waals surface area contributed by atoms with Gasteiger partial charge >= 0.3 is 6.18 Å². The Bertz CT molecular complexity index is 438. The molecule has 0 aromatic heterocycles. The Morgan fingerprint density at radius 3 is 2.57 bits per heavy atom. The molecule has 0 aliphatic heterocycles. The van der Waals surface area contributed by atoms with Crippen molar-refractivity contribution in [3.05, 3.63) is 35.9 Å². The first kappa shape index (κ1) is 17.3. The normalized spacial score (nSPS) is 14.1. The molecule has 1 rings (SSSR count). The van der Waals surface area contributed by atoms with E-state index < -0.39 is 12.8 Å². The molecule has 0 bridgehead atoms. The Morgan fingerprint density at radius 2 is 2.00 bits per heavy atom. The maximum atomic E-state index is 11.9. The molecular weight excluding hydrogens is 287 g/mol. The fraction of sp³-hybridized carbons (Fsp3) is 0.462. The summed E-state index contributed by atoms with van der Waals surface area (Å²) in [5.74, 6) is 0.0348. The summed E-state index contributed by atoms with van der Waals surface area (Å²) in [5.41, 5.74) is 6.37. The van der Waals surface area contributed by atoms with E-state index in [1.807, 2.05) is 30.3 Å². The maximum absolute atomic E-state index is 11.9.